The predicted molar refractivity (Wildman–Crippen MR) is 121 cm³/mol. The van der Waals surface area contributed by atoms with E-state index >= 15 is 0 Å². The average molecular weight is 453 g/mol. The number of hydrogen-bond donors (Lipinski definition) is 1. The van der Waals surface area contributed by atoms with Gasteiger partial charge in [-0.2, -0.15) is 0 Å². The average Bonchev–Trinajstić information content (AvgIpc) is 3.22. The van der Waals surface area contributed by atoms with Crippen LogP contribution in [0.2, 0.25) is 5.02 Å². The van der Waals surface area contributed by atoms with Crippen LogP contribution in [0.3, 0.4) is 0 Å². The molecule has 3 aromatic carbocycles. The molecule has 156 valence electrons. The molecule has 8 heteroatoms. The highest BCUT2D eigenvalue weighted by Gasteiger charge is 2.17. The Kier molecular flexibility index (Phi) is 6.64. The Morgan fingerprint density at radius 1 is 0.968 bits per heavy atom. The Morgan fingerprint density at radius 2 is 1.68 bits per heavy atom. The summed E-state index contributed by atoms with van der Waals surface area (Å²) >= 11 is 7.42. The lowest BCUT2D eigenvalue weighted by atomic mass is 10.2. The summed E-state index contributed by atoms with van der Waals surface area (Å²) in [5.41, 5.74) is 2.44. The van der Waals surface area contributed by atoms with E-state index in [2.05, 4.69) is 15.5 Å². The lowest BCUT2D eigenvalue weighted by Crippen LogP contribution is -2.24. The second kappa shape index (κ2) is 9.76. The molecule has 4 rings (SSSR count). The van der Waals surface area contributed by atoms with Crippen molar-refractivity contribution in [3.8, 4) is 17.1 Å². The van der Waals surface area contributed by atoms with Gasteiger partial charge in [0.05, 0.1) is 5.75 Å². The van der Waals surface area contributed by atoms with Crippen LogP contribution in [-0.4, -0.2) is 26.4 Å². The van der Waals surface area contributed by atoms with Gasteiger partial charge in [0.15, 0.2) is 11.0 Å². The SMILES string of the molecule is O=C(CSc1nnc(-c2ccc(F)cc2)n1-c1ccccc1)NCc1ccccc1Cl. The third kappa shape index (κ3) is 5.13. The molecule has 31 heavy (non-hydrogen) atoms. The van der Waals surface area contributed by atoms with E-state index in [0.29, 0.717) is 22.5 Å². The number of para-hydroxylation sites is 1. The number of carbonyl (C=O) groups is 1. The molecule has 0 fully saturated rings. The van der Waals surface area contributed by atoms with Crippen molar-refractivity contribution >= 4 is 29.3 Å². The Bertz CT molecular complexity index is 1180. The molecule has 0 aliphatic heterocycles. The van der Waals surface area contributed by atoms with Gasteiger partial charge in [0, 0.05) is 22.8 Å². The van der Waals surface area contributed by atoms with Crippen molar-refractivity contribution in [2.24, 2.45) is 0 Å². The normalized spacial score (nSPS) is 10.8. The quantitative estimate of drug-likeness (QED) is 0.395. The summed E-state index contributed by atoms with van der Waals surface area (Å²) in [6.07, 6.45) is 0. The third-order valence-corrected chi connectivity index (χ3v) is 5.81. The summed E-state index contributed by atoms with van der Waals surface area (Å²) < 4.78 is 15.2. The minimum atomic E-state index is -0.320. The topological polar surface area (TPSA) is 59.8 Å². The van der Waals surface area contributed by atoms with Crippen LogP contribution in [0.15, 0.2) is 84.0 Å². The first kappa shape index (κ1) is 21.1. The standard InChI is InChI=1S/C23H18ClFN4OS/c24-20-9-5-4-6-17(20)14-26-21(30)15-31-23-28-27-22(16-10-12-18(25)13-11-16)29(23)19-7-2-1-3-8-19/h1-13H,14-15H2,(H,26,30). The molecule has 5 nitrogen and oxygen atoms in total. The van der Waals surface area contributed by atoms with E-state index in [1.165, 1.54) is 23.9 Å². The molecule has 0 aliphatic carbocycles. The zero-order valence-corrected chi connectivity index (χ0v) is 17.9. The van der Waals surface area contributed by atoms with Crippen LogP contribution in [0.5, 0.6) is 0 Å². The lowest BCUT2D eigenvalue weighted by Gasteiger charge is -2.11. The van der Waals surface area contributed by atoms with Gasteiger partial charge >= 0.3 is 0 Å². The van der Waals surface area contributed by atoms with Crippen LogP contribution in [0.25, 0.3) is 17.1 Å². The lowest BCUT2D eigenvalue weighted by molar-refractivity contribution is -0.118. The van der Waals surface area contributed by atoms with Crippen molar-refractivity contribution in [1.29, 1.82) is 0 Å². The molecule has 1 aromatic heterocycles. The summed E-state index contributed by atoms with van der Waals surface area (Å²) in [6, 6.07) is 23.1. The molecule has 0 bridgehead atoms. The molecule has 0 spiro atoms. The molecule has 1 heterocycles. The van der Waals surface area contributed by atoms with E-state index in [1.54, 1.807) is 18.2 Å². The number of nitrogens with one attached hydrogen (secondary N) is 1. The maximum absolute atomic E-state index is 13.4. The first-order chi connectivity index (χ1) is 15.1. The van der Waals surface area contributed by atoms with Gasteiger partial charge in [-0.15, -0.1) is 10.2 Å². The first-order valence-corrected chi connectivity index (χ1v) is 10.9. The molecular formula is C23H18ClFN4OS. The fourth-order valence-electron chi connectivity index (χ4n) is 2.98. The highest BCUT2D eigenvalue weighted by atomic mass is 35.5. The van der Waals surface area contributed by atoms with Crippen LogP contribution in [0.4, 0.5) is 4.39 Å². The van der Waals surface area contributed by atoms with Gasteiger partial charge in [0.25, 0.3) is 0 Å². The van der Waals surface area contributed by atoms with E-state index in [9.17, 15) is 9.18 Å². The van der Waals surface area contributed by atoms with E-state index in [-0.39, 0.29) is 17.5 Å². The van der Waals surface area contributed by atoms with Gasteiger partial charge < -0.3 is 5.32 Å². The first-order valence-electron chi connectivity index (χ1n) is 9.51. The number of aromatic nitrogens is 3. The maximum Gasteiger partial charge on any atom is 0.230 e. The van der Waals surface area contributed by atoms with Gasteiger partial charge in [0.1, 0.15) is 5.82 Å². The fourth-order valence-corrected chi connectivity index (χ4v) is 3.96. The molecule has 4 aromatic rings. The van der Waals surface area contributed by atoms with Crippen molar-refractivity contribution < 1.29 is 9.18 Å². The van der Waals surface area contributed by atoms with Crippen LogP contribution >= 0.6 is 23.4 Å². The number of rotatable bonds is 7. The van der Waals surface area contributed by atoms with Crippen molar-refractivity contribution in [1.82, 2.24) is 20.1 Å². The van der Waals surface area contributed by atoms with E-state index in [0.717, 1.165) is 16.8 Å². The zero-order chi connectivity index (χ0) is 21.6. The van der Waals surface area contributed by atoms with Gasteiger partial charge in [0.2, 0.25) is 5.91 Å². The van der Waals surface area contributed by atoms with E-state index in [1.807, 2.05) is 53.1 Å². The number of amides is 1. The van der Waals surface area contributed by atoms with Crippen molar-refractivity contribution in [2.75, 3.05) is 5.75 Å². The number of nitrogens with zero attached hydrogens (tertiary/aromatic N) is 3. The van der Waals surface area contributed by atoms with Gasteiger partial charge in [-0.3, -0.25) is 9.36 Å². The maximum atomic E-state index is 13.4. The summed E-state index contributed by atoms with van der Waals surface area (Å²) in [5, 5.41) is 12.6. The minimum absolute atomic E-state index is 0.143. The number of carbonyl (C=O) groups excluding carboxylic acids is 1. The number of thioether (sulfide) groups is 1. The van der Waals surface area contributed by atoms with Crippen LogP contribution in [0.1, 0.15) is 5.56 Å². The smallest absolute Gasteiger partial charge is 0.230 e. The molecular weight excluding hydrogens is 435 g/mol. The largest absolute Gasteiger partial charge is 0.351 e. The van der Waals surface area contributed by atoms with Crippen LogP contribution in [0, 0.1) is 5.82 Å². The monoisotopic (exact) mass is 452 g/mol. The Labute approximate surface area is 188 Å². The van der Waals surface area contributed by atoms with Crippen molar-refractivity contribution in [2.45, 2.75) is 11.7 Å². The second-order valence-corrected chi connectivity index (χ2v) is 7.99. The molecule has 0 saturated carbocycles. The summed E-state index contributed by atoms with van der Waals surface area (Å²) in [7, 11) is 0. The highest BCUT2D eigenvalue weighted by molar-refractivity contribution is 7.99. The summed E-state index contributed by atoms with van der Waals surface area (Å²) in [6.45, 7) is 0.352. The van der Waals surface area contributed by atoms with Gasteiger partial charge in [-0.05, 0) is 48.0 Å². The second-order valence-electron chi connectivity index (χ2n) is 6.64. The Morgan fingerprint density at radius 3 is 2.42 bits per heavy atom. The van der Waals surface area contributed by atoms with Crippen LogP contribution in [-0.2, 0) is 11.3 Å². The molecule has 1 amide bonds. The van der Waals surface area contributed by atoms with Gasteiger partial charge in [-0.1, -0.05) is 59.8 Å². The predicted octanol–water partition coefficient (Wildman–Crippen LogP) is 5.14. The molecule has 0 saturated heterocycles. The zero-order valence-electron chi connectivity index (χ0n) is 16.3. The Hall–Kier alpha value is -3.16. The Balaban J connectivity index is 1.52. The summed E-state index contributed by atoms with van der Waals surface area (Å²) in [5.74, 6) is 0.277. The minimum Gasteiger partial charge on any atom is -0.351 e. The number of hydrogen-bond acceptors (Lipinski definition) is 4. The molecule has 0 aliphatic rings. The summed E-state index contributed by atoms with van der Waals surface area (Å²) in [4.78, 5) is 12.4. The highest BCUT2D eigenvalue weighted by Crippen LogP contribution is 2.28. The van der Waals surface area contributed by atoms with Gasteiger partial charge in [-0.25, -0.2) is 4.39 Å². The molecule has 0 unspecified atom stereocenters. The fraction of sp³-hybridized carbons (Fsp3) is 0.0870. The van der Waals surface area contributed by atoms with E-state index < -0.39 is 0 Å². The van der Waals surface area contributed by atoms with Crippen molar-refractivity contribution in [3.05, 3.63) is 95.3 Å². The molecule has 1 N–H and O–H groups in total. The third-order valence-electron chi connectivity index (χ3n) is 4.52. The van der Waals surface area contributed by atoms with Crippen molar-refractivity contribution in [3.63, 3.8) is 0 Å². The number of halogens is 2. The number of benzene rings is 3. The van der Waals surface area contributed by atoms with Crippen LogP contribution < -0.4 is 5.32 Å². The molecule has 0 radical (unpaired) electrons. The van der Waals surface area contributed by atoms with E-state index in [4.69, 9.17) is 11.6 Å². The molecule has 0 atom stereocenters.